The number of benzene rings is 2. The molecular formula is C18H17N3O3. The minimum absolute atomic E-state index is 0.0923. The van der Waals surface area contributed by atoms with Crippen molar-refractivity contribution in [1.29, 1.82) is 0 Å². The number of carbonyl (C=O) groups excluding carboxylic acids is 1. The summed E-state index contributed by atoms with van der Waals surface area (Å²) in [4.78, 5) is 25.1. The standard InChI is InChI=1S/C18H17N3O3/c1-12-16(17(22)19-13-6-4-3-5-7-13)18(23)21(20-12)14-8-10-15(24-2)11-9-14/h3-11,20H,1-2H3,(H,19,22). The van der Waals surface area contributed by atoms with Gasteiger partial charge in [-0.3, -0.25) is 14.7 Å². The third-order valence-electron chi connectivity index (χ3n) is 3.66. The monoisotopic (exact) mass is 323 g/mol. The average Bonchev–Trinajstić information content (AvgIpc) is 2.90. The fourth-order valence-corrected chi connectivity index (χ4v) is 2.44. The number of H-pyrrole nitrogens is 1. The third kappa shape index (κ3) is 2.94. The van der Waals surface area contributed by atoms with Crippen LogP contribution in [0.25, 0.3) is 5.69 Å². The molecule has 1 aromatic heterocycles. The highest BCUT2D eigenvalue weighted by molar-refractivity contribution is 6.04. The number of ether oxygens (including phenoxy) is 1. The van der Waals surface area contributed by atoms with Gasteiger partial charge in [0.05, 0.1) is 12.8 Å². The van der Waals surface area contributed by atoms with E-state index < -0.39 is 11.5 Å². The fraction of sp³-hybridized carbons (Fsp3) is 0.111. The molecule has 2 N–H and O–H groups in total. The lowest BCUT2D eigenvalue weighted by molar-refractivity contribution is 0.102. The van der Waals surface area contributed by atoms with E-state index in [-0.39, 0.29) is 5.56 Å². The van der Waals surface area contributed by atoms with Crippen molar-refractivity contribution >= 4 is 11.6 Å². The minimum Gasteiger partial charge on any atom is -0.497 e. The average molecular weight is 323 g/mol. The molecule has 6 heteroatoms. The molecule has 1 heterocycles. The van der Waals surface area contributed by atoms with E-state index in [2.05, 4.69) is 10.4 Å². The first-order valence-electron chi connectivity index (χ1n) is 7.42. The first-order valence-corrected chi connectivity index (χ1v) is 7.42. The van der Waals surface area contributed by atoms with Crippen molar-refractivity contribution in [3.63, 3.8) is 0 Å². The predicted molar refractivity (Wildman–Crippen MR) is 92.1 cm³/mol. The lowest BCUT2D eigenvalue weighted by atomic mass is 10.2. The molecule has 0 aliphatic heterocycles. The Kier molecular flexibility index (Phi) is 4.20. The second-order valence-electron chi connectivity index (χ2n) is 5.27. The summed E-state index contributed by atoms with van der Waals surface area (Å²) in [6.07, 6.45) is 0. The number of nitrogens with zero attached hydrogens (tertiary/aromatic N) is 1. The van der Waals surface area contributed by atoms with E-state index in [0.717, 1.165) is 0 Å². The van der Waals surface area contributed by atoms with Crippen LogP contribution < -0.4 is 15.6 Å². The van der Waals surface area contributed by atoms with E-state index in [9.17, 15) is 9.59 Å². The van der Waals surface area contributed by atoms with Gasteiger partial charge in [-0.1, -0.05) is 18.2 Å². The van der Waals surface area contributed by atoms with E-state index in [1.165, 1.54) is 4.68 Å². The first kappa shape index (κ1) is 15.6. The van der Waals surface area contributed by atoms with E-state index in [0.29, 0.717) is 22.8 Å². The smallest absolute Gasteiger partial charge is 0.284 e. The number of aromatic amines is 1. The van der Waals surface area contributed by atoms with E-state index in [1.807, 2.05) is 18.2 Å². The molecule has 0 bridgehead atoms. The number of nitrogens with one attached hydrogen (secondary N) is 2. The highest BCUT2D eigenvalue weighted by atomic mass is 16.5. The van der Waals surface area contributed by atoms with Crippen molar-refractivity contribution in [2.24, 2.45) is 0 Å². The normalized spacial score (nSPS) is 10.4. The van der Waals surface area contributed by atoms with Crippen molar-refractivity contribution in [1.82, 2.24) is 9.78 Å². The zero-order valence-electron chi connectivity index (χ0n) is 13.4. The van der Waals surface area contributed by atoms with Gasteiger partial charge in [-0.25, -0.2) is 4.68 Å². The molecule has 3 aromatic rings. The first-order chi connectivity index (χ1) is 11.6. The molecule has 2 aromatic carbocycles. The van der Waals surface area contributed by atoms with Crippen molar-refractivity contribution in [3.8, 4) is 11.4 Å². The van der Waals surface area contributed by atoms with Crippen molar-refractivity contribution < 1.29 is 9.53 Å². The number of amides is 1. The minimum atomic E-state index is -0.438. The van der Waals surface area contributed by atoms with Crippen LogP contribution in [0.2, 0.25) is 0 Å². The van der Waals surface area contributed by atoms with Crippen molar-refractivity contribution in [3.05, 3.63) is 76.2 Å². The van der Waals surface area contributed by atoms with Crippen LogP contribution in [-0.4, -0.2) is 22.8 Å². The Balaban J connectivity index is 1.94. The molecule has 0 radical (unpaired) electrons. The number of rotatable bonds is 4. The van der Waals surface area contributed by atoms with Gasteiger partial charge in [0.1, 0.15) is 11.3 Å². The van der Waals surface area contributed by atoms with E-state index in [4.69, 9.17) is 4.74 Å². The lowest BCUT2D eigenvalue weighted by Gasteiger charge is -2.03. The van der Waals surface area contributed by atoms with Gasteiger partial charge in [0.2, 0.25) is 0 Å². The molecule has 0 aliphatic carbocycles. The SMILES string of the molecule is COc1ccc(-n2[nH]c(C)c(C(=O)Nc3ccccc3)c2=O)cc1. The molecule has 6 nitrogen and oxygen atoms in total. The summed E-state index contributed by atoms with van der Waals surface area (Å²) in [6.45, 7) is 1.70. The topological polar surface area (TPSA) is 76.1 Å². The summed E-state index contributed by atoms with van der Waals surface area (Å²) in [5.41, 5.74) is 1.46. The van der Waals surface area contributed by atoms with E-state index >= 15 is 0 Å². The Labute approximate surface area is 138 Å². The number of hydrogen-bond acceptors (Lipinski definition) is 3. The van der Waals surface area contributed by atoms with Crippen LogP contribution in [-0.2, 0) is 0 Å². The summed E-state index contributed by atoms with van der Waals surface area (Å²) in [7, 11) is 1.58. The highest BCUT2D eigenvalue weighted by Crippen LogP contribution is 2.15. The molecule has 0 unspecified atom stereocenters. The van der Waals surface area contributed by atoms with Crippen LogP contribution in [0.15, 0.2) is 59.4 Å². The zero-order chi connectivity index (χ0) is 17.1. The maximum Gasteiger partial charge on any atom is 0.284 e. The summed E-state index contributed by atoms with van der Waals surface area (Å²) in [5, 5.41) is 5.67. The molecular weight excluding hydrogens is 306 g/mol. The number of hydrogen-bond donors (Lipinski definition) is 2. The van der Waals surface area contributed by atoms with Gasteiger partial charge < -0.3 is 10.1 Å². The van der Waals surface area contributed by atoms with Crippen LogP contribution in [0.1, 0.15) is 16.1 Å². The predicted octanol–water partition coefficient (Wildman–Crippen LogP) is 2.73. The molecule has 24 heavy (non-hydrogen) atoms. The number of anilines is 1. The summed E-state index contributed by atoms with van der Waals surface area (Å²) >= 11 is 0. The number of aryl methyl sites for hydroxylation is 1. The molecule has 0 fully saturated rings. The number of aromatic nitrogens is 2. The second kappa shape index (κ2) is 6.45. The zero-order valence-corrected chi connectivity index (χ0v) is 13.4. The Morgan fingerprint density at radius 2 is 1.75 bits per heavy atom. The highest BCUT2D eigenvalue weighted by Gasteiger charge is 2.19. The van der Waals surface area contributed by atoms with Crippen molar-refractivity contribution in [2.45, 2.75) is 6.92 Å². The largest absolute Gasteiger partial charge is 0.497 e. The van der Waals surface area contributed by atoms with Gasteiger partial charge >= 0.3 is 0 Å². The fourth-order valence-electron chi connectivity index (χ4n) is 2.44. The van der Waals surface area contributed by atoms with Crippen LogP contribution in [0.4, 0.5) is 5.69 Å². The molecule has 3 rings (SSSR count). The molecule has 0 saturated heterocycles. The quantitative estimate of drug-likeness (QED) is 0.775. The maximum atomic E-state index is 12.6. The number of para-hydroxylation sites is 1. The Morgan fingerprint density at radius 1 is 1.08 bits per heavy atom. The molecule has 1 amide bonds. The second-order valence-corrected chi connectivity index (χ2v) is 5.27. The maximum absolute atomic E-state index is 12.6. The van der Waals surface area contributed by atoms with Gasteiger partial charge in [-0.15, -0.1) is 0 Å². The van der Waals surface area contributed by atoms with Gasteiger partial charge in [0, 0.05) is 11.4 Å². The van der Waals surface area contributed by atoms with Gasteiger partial charge in [-0.2, -0.15) is 0 Å². The van der Waals surface area contributed by atoms with Crippen LogP contribution >= 0.6 is 0 Å². The number of methoxy groups -OCH3 is 1. The Hall–Kier alpha value is -3.28. The van der Waals surface area contributed by atoms with Crippen LogP contribution in [0, 0.1) is 6.92 Å². The molecule has 0 spiro atoms. The summed E-state index contributed by atoms with van der Waals surface area (Å²) < 4.78 is 6.45. The third-order valence-corrected chi connectivity index (χ3v) is 3.66. The molecule has 0 saturated carbocycles. The summed E-state index contributed by atoms with van der Waals surface area (Å²) in [6, 6.07) is 16.0. The lowest BCUT2D eigenvalue weighted by Crippen LogP contribution is -2.24. The van der Waals surface area contributed by atoms with Crippen molar-refractivity contribution in [2.75, 3.05) is 12.4 Å². The van der Waals surface area contributed by atoms with Gasteiger partial charge in [0.25, 0.3) is 11.5 Å². The molecule has 0 atom stereocenters. The van der Waals surface area contributed by atoms with Gasteiger partial charge in [0.15, 0.2) is 0 Å². The Bertz CT molecular complexity index is 909. The summed E-state index contributed by atoms with van der Waals surface area (Å²) in [5.74, 6) is 0.254. The van der Waals surface area contributed by atoms with Crippen LogP contribution in [0.3, 0.4) is 0 Å². The van der Waals surface area contributed by atoms with Crippen LogP contribution in [0.5, 0.6) is 5.75 Å². The van der Waals surface area contributed by atoms with E-state index in [1.54, 1.807) is 50.4 Å². The van der Waals surface area contributed by atoms with Gasteiger partial charge in [-0.05, 0) is 43.3 Å². The molecule has 0 aliphatic rings. The molecule has 122 valence electrons. The Morgan fingerprint density at radius 3 is 2.38 bits per heavy atom. The number of carbonyl (C=O) groups is 1.